The van der Waals surface area contributed by atoms with Crippen LogP contribution in [0, 0.1) is 11.3 Å². The Morgan fingerprint density at radius 1 is 1.29 bits per heavy atom. The van der Waals surface area contributed by atoms with E-state index in [1.165, 1.54) is 30.5 Å². The van der Waals surface area contributed by atoms with Gasteiger partial charge in [0.05, 0.1) is 11.5 Å². The zero-order valence-corrected chi connectivity index (χ0v) is 14.9. The molecule has 1 aromatic carbocycles. The van der Waals surface area contributed by atoms with E-state index in [2.05, 4.69) is 10.0 Å². The molecule has 0 fully saturated rings. The molecular weight excluding hydrogens is 330 g/mol. The van der Waals surface area contributed by atoms with Crippen LogP contribution in [0.25, 0.3) is 0 Å². The molecule has 0 amide bonds. The van der Waals surface area contributed by atoms with Crippen molar-refractivity contribution in [3.05, 3.63) is 36.0 Å². The number of ether oxygens (including phenoxy) is 1. The van der Waals surface area contributed by atoms with Crippen molar-refractivity contribution in [3.8, 4) is 6.07 Å². The first-order chi connectivity index (χ1) is 11.1. The minimum Gasteiger partial charge on any atom is -0.462 e. The van der Waals surface area contributed by atoms with Gasteiger partial charge in [0.25, 0.3) is 0 Å². The largest absolute Gasteiger partial charge is 0.462 e. The van der Waals surface area contributed by atoms with Crippen LogP contribution in [0.1, 0.15) is 27.7 Å². The van der Waals surface area contributed by atoms with Gasteiger partial charge in [-0.2, -0.15) is 5.26 Å². The average molecular weight is 351 g/mol. The lowest BCUT2D eigenvalue weighted by molar-refractivity contribution is -0.138. The lowest BCUT2D eigenvalue weighted by Crippen LogP contribution is -2.40. The summed E-state index contributed by atoms with van der Waals surface area (Å²) in [6.07, 6.45) is 1.22. The van der Waals surface area contributed by atoms with Gasteiger partial charge in [-0.3, -0.25) is 0 Å². The number of hydrogen-bond donors (Lipinski definition) is 2. The number of nitrogens with zero attached hydrogens (tertiary/aromatic N) is 1. The molecule has 130 valence electrons. The van der Waals surface area contributed by atoms with E-state index < -0.39 is 21.5 Å². The summed E-state index contributed by atoms with van der Waals surface area (Å²) in [5.74, 6) is -0.721. The van der Waals surface area contributed by atoms with Crippen LogP contribution in [0.2, 0.25) is 0 Å². The molecule has 8 heteroatoms. The third-order valence-electron chi connectivity index (χ3n) is 2.60. The summed E-state index contributed by atoms with van der Waals surface area (Å²) in [6, 6.07) is 7.67. The number of carbonyl (C=O) groups excluding carboxylic acids is 1. The number of benzene rings is 1. The molecule has 24 heavy (non-hydrogen) atoms. The average Bonchev–Trinajstić information content (AvgIpc) is 2.46. The van der Waals surface area contributed by atoms with Gasteiger partial charge in [0, 0.05) is 17.4 Å². The van der Waals surface area contributed by atoms with Crippen LogP contribution >= 0.6 is 0 Å². The third-order valence-corrected chi connectivity index (χ3v) is 4.38. The SMILES string of the molecule is CCOC(=O)/C(C#N)=C\Nc1ccc(S(=O)(=O)NC(C)(C)C)cc1. The molecule has 0 unspecified atom stereocenters. The Kier molecular flexibility index (Phi) is 6.51. The summed E-state index contributed by atoms with van der Waals surface area (Å²) >= 11 is 0. The van der Waals surface area contributed by atoms with Crippen molar-refractivity contribution >= 4 is 21.7 Å². The zero-order valence-electron chi connectivity index (χ0n) is 14.1. The first kappa shape index (κ1) is 19.7. The van der Waals surface area contributed by atoms with Gasteiger partial charge >= 0.3 is 5.97 Å². The molecule has 0 radical (unpaired) electrons. The highest BCUT2D eigenvalue weighted by atomic mass is 32.2. The van der Waals surface area contributed by atoms with E-state index in [0.717, 1.165) is 0 Å². The van der Waals surface area contributed by atoms with Crippen LogP contribution in [0.5, 0.6) is 0 Å². The lowest BCUT2D eigenvalue weighted by atomic mass is 10.1. The number of sulfonamides is 1. The highest BCUT2D eigenvalue weighted by Gasteiger charge is 2.21. The van der Waals surface area contributed by atoms with Crippen LogP contribution in [0.4, 0.5) is 5.69 Å². The summed E-state index contributed by atoms with van der Waals surface area (Å²) in [5.41, 5.74) is -0.232. The predicted octanol–water partition coefficient (Wildman–Crippen LogP) is 2.15. The molecule has 1 rings (SSSR count). The van der Waals surface area contributed by atoms with Crippen LogP contribution in [-0.4, -0.2) is 26.5 Å². The second kappa shape index (κ2) is 7.95. The van der Waals surface area contributed by atoms with E-state index in [4.69, 9.17) is 10.00 Å². The van der Waals surface area contributed by atoms with Crippen LogP contribution in [0.15, 0.2) is 40.9 Å². The maximum Gasteiger partial charge on any atom is 0.350 e. The highest BCUT2D eigenvalue weighted by Crippen LogP contribution is 2.16. The number of anilines is 1. The number of esters is 1. The monoisotopic (exact) mass is 351 g/mol. The van der Waals surface area contributed by atoms with E-state index in [0.29, 0.717) is 5.69 Å². The van der Waals surface area contributed by atoms with Gasteiger partial charge in [0.2, 0.25) is 10.0 Å². The number of carbonyl (C=O) groups is 1. The van der Waals surface area contributed by atoms with Gasteiger partial charge in [0.1, 0.15) is 6.07 Å². The van der Waals surface area contributed by atoms with E-state index in [-0.39, 0.29) is 17.1 Å². The summed E-state index contributed by atoms with van der Waals surface area (Å²) in [7, 11) is -3.61. The Bertz CT molecular complexity index is 754. The number of nitriles is 1. The molecule has 0 saturated carbocycles. The molecule has 1 aromatic rings. The normalized spacial score (nSPS) is 12.4. The van der Waals surface area contributed by atoms with Crippen LogP contribution in [-0.2, 0) is 19.6 Å². The molecule has 0 bridgehead atoms. The van der Waals surface area contributed by atoms with Gasteiger partial charge in [-0.15, -0.1) is 0 Å². The minimum absolute atomic E-state index is 0.123. The Hall–Kier alpha value is -2.37. The molecule has 0 aliphatic carbocycles. The predicted molar refractivity (Wildman–Crippen MR) is 90.5 cm³/mol. The quantitative estimate of drug-likeness (QED) is 0.462. The van der Waals surface area contributed by atoms with E-state index in [1.54, 1.807) is 33.8 Å². The molecule has 0 saturated heterocycles. The molecule has 7 nitrogen and oxygen atoms in total. The van der Waals surface area contributed by atoms with Crippen molar-refractivity contribution in [2.75, 3.05) is 11.9 Å². The maximum absolute atomic E-state index is 12.2. The van der Waals surface area contributed by atoms with Gasteiger partial charge in [0.15, 0.2) is 5.57 Å². The highest BCUT2D eigenvalue weighted by molar-refractivity contribution is 7.89. The molecular formula is C16H21N3O4S. The smallest absolute Gasteiger partial charge is 0.350 e. The summed E-state index contributed by atoms with van der Waals surface area (Å²) in [4.78, 5) is 11.6. The number of nitrogens with one attached hydrogen (secondary N) is 2. The molecule has 0 spiro atoms. The summed E-state index contributed by atoms with van der Waals surface area (Å²) in [6.45, 7) is 7.08. The topological polar surface area (TPSA) is 108 Å². The van der Waals surface area contributed by atoms with Crippen LogP contribution < -0.4 is 10.0 Å². The lowest BCUT2D eigenvalue weighted by Gasteiger charge is -2.20. The van der Waals surface area contributed by atoms with Crippen molar-refractivity contribution < 1.29 is 17.9 Å². The minimum atomic E-state index is -3.61. The fraction of sp³-hybridized carbons (Fsp3) is 0.375. The maximum atomic E-state index is 12.2. The Morgan fingerprint density at radius 3 is 2.33 bits per heavy atom. The van der Waals surface area contributed by atoms with Crippen molar-refractivity contribution in [2.45, 2.75) is 38.1 Å². The molecule has 0 aliphatic heterocycles. The standard InChI is InChI=1S/C16H21N3O4S/c1-5-23-15(20)12(10-17)11-18-13-6-8-14(9-7-13)24(21,22)19-16(2,3)4/h6-9,11,18-19H,5H2,1-4H3/b12-11-. The van der Waals surface area contributed by atoms with Gasteiger partial charge in [-0.05, 0) is 52.0 Å². The Balaban J connectivity index is 2.89. The van der Waals surface area contributed by atoms with E-state index in [9.17, 15) is 13.2 Å². The van der Waals surface area contributed by atoms with Gasteiger partial charge < -0.3 is 10.1 Å². The summed E-state index contributed by atoms with van der Waals surface area (Å²) in [5, 5.41) is 11.7. The van der Waals surface area contributed by atoms with Crippen molar-refractivity contribution in [1.29, 1.82) is 5.26 Å². The first-order valence-corrected chi connectivity index (χ1v) is 8.75. The molecule has 0 atom stereocenters. The van der Waals surface area contributed by atoms with Crippen molar-refractivity contribution in [3.63, 3.8) is 0 Å². The van der Waals surface area contributed by atoms with Crippen molar-refractivity contribution in [1.82, 2.24) is 4.72 Å². The molecule has 0 aromatic heterocycles. The Morgan fingerprint density at radius 2 is 1.88 bits per heavy atom. The fourth-order valence-electron chi connectivity index (χ4n) is 1.69. The third kappa shape index (κ3) is 6.02. The molecule has 0 heterocycles. The first-order valence-electron chi connectivity index (χ1n) is 7.27. The number of rotatable bonds is 6. The summed E-state index contributed by atoms with van der Waals surface area (Å²) < 4.78 is 31.7. The molecule has 2 N–H and O–H groups in total. The van der Waals surface area contributed by atoms with Crippen LogP contribution in [0.3, 0.4) is 0 Å². The Labute approximate surface area is 142 Å². The van der Waals surface area contributed by atoms with E-state index >= 15 is 0 Å². The van der Waals surface area contributed by atoms with Gasteiger partial charge in [-0.25, -0.2) is 17.9 Å². The second-order valence-corrected chi connectivity index (χ2v) is 7.60. The van der Waals surface area contributed by atoms with Crippen molar-refractivity contribution in [2.24, 2.45) is 0 Å². The van der Waals surface area contributed by atoms with Gasteiger partial charge in [-0.1, -0.05) is 0 Å². The fourth-order valence-corrected chi connectivity index (χ4v) is 3.11. The molecule has 0 aliphatic rings. The van der Waals surface area contributed by atoms with E-state index in [1.807, 2.05) is 0 Å². The second-order valence-electron chi connectivity index (χ2n) is 5.91. The number of hydrogen-bond acceptors (Lipinski definition) is 6. The zero-order chi connectivity index (χ0) is 18.4.